The summed E-state index contributed by atoms with van der Waals surface area (Å²) in [5.41, 5.74) is 0.931. The zero-order valence-electron chi connectivity index (χ0n) is 11.0. The number of carbonyl (C=O) groups excluding carboxylic acids is 1. The topological polar surface area (TPSA) is 52.9 Å². The smallest absolute Gasteiger partial charge is 0.253 e. The number of rotatable bonds is 2. The van der Waals surface area contributed by atoms with Gasteiger partial charge >= 0.3 is 0 Å². The molecule has 1 aliphatic carbocycles. The normalized spacial score (nSPS) is 17.5. The molecule has 0 spiro atoms. The van der Waals surface area contributed by atoms with Gasteiger partial charge in [-0.1, -0.05) is 31.4 Å². The number of aryl methyl sites for hydroxylation is 1. The molecule has 0 bridgehead atoms. The standard InChI is InChI=1S/C15H17BrN2O/c1-11-6-5-7-12(13(11)16)14(19)18-15(10-17)8-3-2-4-9-15/h5-7H,2-4,8-9H2,1H3,(H,18,19). The van der Waals surface area contributed by atoms with Crippen molar-refractivity contribution in [2.75, 3.05) is 0 Å². The Morgan fingerprint density at radius 2 is 2.05 bits per heavy atom. The van der Waals surface area contributed by atoms with Gasteiger partial charge in [0.15, 0.2) is 0 Å². The van der Waals surface area contributed by atoms with Gasteiger partial charge in [0.1, 0.15) is 5.54 Å². The molecule has 0 radical (unpaired) electrons. The number of carbonyl (C=O) groups is 1. The van der Waals surface area contributed by atoms with Crippen molar-refractivity contribution in [3.8, 4) is 6.07 Å². The van der Waals surface area contributed by atoms with Crippen molar-refractivity contribution < 1.29 is 4.79 Å². The Kier molecular flexibility index (Phi) is 4.26. The van der Waals surface area contributed by atoms with Crippen molar-refractivity contribution in [3.05, 3.63) is 33.8 Å². The molecular weight excluding hydrogens is 304 g/mol. The zero-order valence-corrected chi connectivity index (χ0v) is 12.6. The second-order valence-corrected chi connectivity index (χ2v) is 5.94. The minimum atomic E-state index is -0.682. The van der Waals surface area contributed by atoms with Crippen molar-refractivity contribution in [2.45, 2.75) is 44.6 Å². The molecule has 100 valence electrons. The van der Waals surface area contributed by atoms with E-state index in [0.717, 1.165) is 42.1 Å². The van der Waals surface area contributed by atoms with Crippen LogP contribution in [-0.2, 0) is 0 Å². The predicted molar refractivity (Wildman–Crippen MR) is 77.8 cm³/mol. The lowest BCUT2D eigenvalue weighted by Crippen LogP contribution is -2.48. The van der Waals surface area contributed by atoms with Gasteiger partial charge in [-0.3, -0.25) is 4.79 Å². The number of nitrogens with zero attached hydrogens (tertiary/aromatic N) is 1. The third-order valence-electron chi connectivity index (χ3n) is 3.71. The van der Waals surface area contributed by atoms with Crippen LogP contribution in [0.25, 0.3) is 0 Å². The number of nitriles is 1. The Labute approximate surface area is 122 Å². The number of nitrogens with one attached hydrogen (secondary N) is 1. The van der Waals surface area contributed by atoms with Crippen LogP contribution >= 0.6 is 15.9 Å². The summed E-state index contributed by atoms with van der Waals surface area (Å²) in [5, 5.41) is 12.3. The predicted octanol–water partition coefficient (Wildman–Crippen LogP) is 3.71. The fourth-order valence-corrected chi connectivity index (χ4v) is 2.97. The van der Waals surface area contributed by atoms with Crippen LogP contribution in [0.4, 0.5) is 0 Å². The minimum Gasteiger partial charge on any atom is -0.334 e. The fraction of sp³-hybridized carbons (Fsp3) is 0.467. The number of halogens is 1. The first-order chi connectivity index (χ1) is 9.08. The highest BCUT2D eigenvalue weighted by atomic mass is 79.9. The Bertz CT molecular complexity index is 527. The van der Waals surface area contributed by atoms with Gasteiger partial charge in [0.25, 0.3) is 5.91 Å². The molecule has 1 aromatic carbocycles. The van der Waals surface area contributed by atoms with E-state index in [4.69, 9.17) is 0 Å². The molecule has 0 unspecified atom stereocenters. The first-order valence-electron chi connectivity index (χ1n) is 6.57. The van der Waals surface area contributed by atoms with Gasteiger partial charge in [0, 0.05) is 4.47 Å². The highest BCUT2D eigenvalue weighted by Crippen LogP contribution is 2.29. The van der Waals surface area contributed by atoms with Gasteiger partial charge in [-0.25, -0.2) is 0 Å². The van der Waals surface area contributed by atoms with Gasteiger partial charge in [0.2, 0.25) is 0 Å². The summed E-state index contributed by atoms with van der Waals surface area (Å²) in [6, 6.07) is 7.89. The minimum absolute atomic E-state index is 0.168. The highest BCUT2D eigenvalue weighted by molar-refractivity contribution is 9.10. The molecule has 0 atom stereocenters. The maximum Gasteiger partial charge on any atom is 0.253 e. The van der Waals surface area contributed by atoms with E-state index in [0.29, 0.717) is 5.56 Å². The van der Waals surface area contributed by atoms with Gasteiger partial charge in [-0.15, -0.1) is 0 Å². The SMILES string of the molecule is Cc1cccc(C(=O)NC2(C#N)CCCCC2)c1Br. The van der Waals surface area contributed by atoms with Gasteiger partial charge in [-0.05, 0) is 47.3 Å². The van der Waals surface area contributed by atoms with Crippen LogP contribution in [0.2, 0.25) is 0 Å². The molecular formula is C15H17BrN2O. The molecule has 1 amide bonds. The molecule has 0 aliphatic heterocycles. The molecule has 19 heavy (non-hydrogen) atoms. The molecule has 1 N–H and O–H groups in total. The van der Waals surface area contributed by atoms with Crippen LogP contribution in [0.15, 0.2) is 22.7 Å². The maximum absolute atomic E-state index is 12.4. The van der Waals surface area contributed by atoms with Crippen molar-refractivity contribution in [2.24, 2.45) is 0 Å². The Balaban J connectivity index is 2.21. The molecule has 0 aromatic heterocycles. The average Bonchev–Trinajstić information content (AvgIpc) is 2.42. The molecule has 0 heterocycles. The van der Waals surface area contributed by atoms with Crippen molar-refractivity contribution in [1.29, 1.82) is 5.26 Å². The van der Waals surface area contributed by atoms with Crippen LogP contribution < -0.4 is 5.32 Å². The number of amides is 1. The van der Waals surface area contributed by atoms with E-state index < -0.39 is 5.54 Å². The largest absolute Gasteiger partial charge is 0.334 e. The molecule has 3 nitrogen and oxygen atoms in total. The van der Waals surface area contributed by atoms with E-state index in [9.17, 15) is 10.1 Å². The lowest BCUT2D eigenvalue weighted by Gasteiger charge is -2.31. The zero-order chi connectivity index (χ0) is 13.9. The van der Waals surface area contributed by atoms with Crippen LogP contribution in [0.5, 0.6) is 0 Å². The number of hydrogen-bond acceptors (Lipinski definition) is 2. The third kappa shape index (κ3) is 2.98. The summed E-state index contributed by atoms with van der Waals surface area (Å²) in [4.78, 5) is 12.4. The summed E-state index contributed by atoms with van der Waals surface area (Å²) < 4.78 is 0.802. The van der Waals surface area contributed by atoms with E-state index in [1.165, 1.54) is 0 Å². The lowest BCUT2D eigenvalue weighted by molar-refractivity contribution is 0.0902. The lowest BCUT2D eigenvalue weighted by atomic mass is 9.82. The second-order valence-electron chi connectivity index (χ2n) is 5.15. The van der Waals surface area contributed by atoms with Gasteiger partial charge < -0.3 is 5.32 Å². The summed E-state index contributed by atoms with van der Waals surface area (Å²) in [6.45, 7) is 1.95. The van der Waals surface area contributed by atoms with Crippen LogP contribution in [0.1, 0.15) is 48.0 Å². The molecule has 2 rings (SSSR count). The summed E-state index contributed by atoms with van der Waals surface area (Å²) in [5.74, 6) is -0.168. The Hall–Kier alpha value is -1.34. The van der Waals surface area contributed by atoms with Crippen LogP contribution in [-0.4, -0.2) is 11.4 Å². The molecule has 0 saturated heterocycles. The maximum atomic E-state index is 12.4. The quantitative estimate of drug-likeness (QED) is 0.903. The van der Waals surface area contributed by atoms with Crippen molar-refractivity contribution in [3.63, 3.8) is 0 Å². The van der Waals surface area contributed by atoms with Gasteiger partial charge in [-0.2, -0.15) is 5.26 Å². The van der Waals surface area contributed by atoms with Gasteiger partial charge in [0.05, 0.1) is 11.6 Å². The van der Waals surface area contributed by atoms with Crippen LogP contribution in [0.3, 0.4) is 0 Å². The van der Waals surface area contributed by atoms with Crippen molar-refractivity contribution in [1.82, 2.24) is 5.32 Å². The molecule has 1 aliphatic rings. The molecule has 4 heteroatoms. The van der Waals surface area contributed by atoms with Crippen LogP contribution in [0, 0.1) is 18.3 Å². The molecule has 1 aromatic rings. The van der Waals surface area contributed by atoms with E-state index >= 15 is 0 Å². The Morgan fingerprint density at radius 1 is 1.37 bits per heavy atom. The third-order valence-corrected chi connectivity index (χ3v) is 4.76. The van der Waals surface area contributed by atoms with E-state index in [2.05, 4.69) is 27.3 Å². The average molecular weight is 321 g/mol. The number of benzene rings is 1. The van der Waals surface area contributed by atoms with E-state index in [1.54, 1.807) is 6.07 Å². The fourth-order valence-electron chi connectivity index (χ4n) is 2.53. The van der Waals surface area contributed by atoms with E-state index in [-0.39, 0.29) is 5.91 Å². The van der Waals surface area contributed by atoms with Crippen molar-refractivity contribution >= 4 is 21.8 Å². The highest BCUT2D eigenvalue weighted by Gasteiger charge is 2.34. The second kappa shape index (κ2) is 5.75. The monoisotopic (exact) mass is 320 g/mol. The number of hydrogen-bond donors (Lipinski definition) is 1. The van der Waals surface area contributed by atoms with E-state index in [1.807, 2.05) is 19.1 Å². The first-order valence-corrected chi connectivity index (χ1v) is 7.36. The first kappa shape index (κ1) is 14.1. The molecule has 1 fully saturated rings. The summed E-state index contributed by atoms with van der Waals surface area (Å²) >= 11 is 3.44. The summed E-state index contributed by atoms with van der Waals surface area (Å²) in [6.07, 6.45) is 4.65. The Morgan fingerprint density at radius 3 is 2.68 bits per heavy atom. The molecule has 1 saturated carbocycles. The summed E-state index contributed by atoms with van der Waals surface area (Å²) in [7, 11) is 0.